The first-order chi connectivity index (χ1) is 11.1. The van der Waals surface area contributed by atoms with Gasteiger partial charge >= 0.3 is 0 Å². The predicted molar refractivity (Wildman–Crippen MR) is 83.0 cm³/mol. The van der Waals surface area contributed by atoms with E-state index in [0.717, 1.165) is 4.88 Å². The van der Waals surface area contributed by atoms with Crippen molar-refractivity contribution in [2.45, 2.75) is 6.42 Å². The van der Waals surface area contributed by atoms with Gasteiger partial charge in [-0.2, -0.15) is 5.10 Å². The number of amides is 1. The van der Waals surface area contributed by atoms with E-state index in [1.54, 1.807) is 0 Å². The number of carbonyl (C=O) groups is 1. The summed E-state index contributed by atoms with van der Waals surface area (Å²) in [6, 6.07) is 6.43. The molecule has 23 heavy (non-hydrogen) atoms. The fourth-order valence-corrected chi connectivity index (χ4v) is 2.70. The number of nitrogens with one attached hydrogen (secondary N) is 1. The quantitative estimate of drug-likeness (QED) is 0.512. The molecular weight excluding hydrogens is 322 g/mol. The van der Waals surface area contributed by atoms with Gasteiger partial charge in [-0.25, -0.2) is 5.43 Å². The predicted octanol–water partition coefficient (Wildman–Crippen LogP) is 2.08. The molecule has 0 saturated heterocycles. The van der Waals surface area contributed by atoms with Crippen LogP contribution in [-0.4, -0.2) is 23.8 Å². The molecule has 8 nitrogen and oxygen atoms in total. The van der Waals surface area contributed by atoms with Crippen LogP contribution in [-0.2, 0) is 11.2 Å². The molecule has 0 saturated carbocycles. The minimum atomic E-state index is -0.545. The highest BCUT2D eigenvalue weighted by Crippen LogP contribution is 2.37. The summed E-state index contributed by atoms with van der Waals surface area (Å²) in [4.78, 5) is 23.2. The Balaban J connectivity index is 1.71. The van der Waals surface area contributed by atoms with Crippen LogP contribution in [0.2, 0.25) is 0 Å². The molecule has 0 unspecified atom stereocenters. The number of benzene rings is 1. The highest BCUT2D eigenvalue weighted by atomic mass is 32.1. The molecule has 0 aliphatic carbocycles. The standard InChI is InChI=1S/C14H11N3O5S/c18-14(5-10-2-1-3-23-10)16-15-7-9-4-12-13(22-8-21-12)6-11(9)17(19)20/h1-4,6-7H,5,8H2,(H,16,18)/b15-7+. The van der Waals surface area contributed by atoms with Gasteiger partial charge < -0.3 is 9.47 Å². The van der Waals surface area contributed by atoms with Gasteiger partial charge in [0.25, 0.3) is 5.69 Å². The molecule has 2 heterocycles. The number of thiophene rings is 1. The van der Waals surface area contributed by atoms with Gasteiger partial charge in [-0.05, 0) is 17.5 Å². The maximum atomic E-state index is 11.7. The number of fused-ring (bicyclic) bond motifs is 1. The average molecular weight is 333 g/mol. The van der Waals surface area contributed by atoms with Gasteiger partial charge in [-0.3, -0.25) is 14.9 Å². The fourth-order valence-electron chi connectivity index (χ4n) is 1.99. The van der Waals surface area contributed by atoms with E-state index in [4.69, 9.17) is 9.47 Å². The van der Waals surface area contributed by atoms with Crippen LogP contribution in [0.1, 0.15) is 10.4 Å². The van der Waals surface area contributed by atoms with Crippen LogP contribution < -0.4 is 14.9 Å². The Morgan fingerprint density at radius 2 is 2.22 bits per heavy atom. The van der Waals surface area contributed by atoms with Crippen LogP contribution in [0.3, 0.4) is 0 Å². The number of carbonyl (C=O) groups excluding carboxylic acids is 1. The number of hydrogen-bond donors (Lipinski definition) is 1. The van der Waals surface area contributed by atoms with E-state index in [9.17, 15) is 14.9 Å². The van der Waals surface area contributed by atoms with E-state index in [1.165, 1.54) is 29.7 Å². The molecule has 1 amide bonds. The van der Waals surface area contributed by atoms with Crippen LogP contribution in [0.4, 0.5) is 5.69 Å². The van der Waals surface area contributed by atoms with Gasteiger partial charge in [0.2, 0.25) is 12.7 Å². The summed E-state index contributed by atoms with van der Waals surface area (Å²) in [7, 11) is 0. The first kappa shape index (κ1) is 15.0. The molecule has 2 aromatic rings. The van der Waals surface area contributed by atoms with Crippen molar-refractivity contribution in [3.05, 3.63) is 50.2 Å². The van der Waals surface area contributed by atoms with E-state index in [2.05, 4.69) is 10.5 Å². The lowest BCUT2D eigenvalue weighted by Crippen LogP contribution is -2.19. The second kappa shape index (κ2) is 6.44. The van der Waals surface area contributed by atoms with Crippen molar-refractivity contribution in [1.29, 1.82) is 0 Å². The molecule has 1 aromatic heterocycles. The molecule has 9 heteroatoms. The molecule has 3 rings (SSSR count). The monoisotopic (exact) mass is 333 g/mol. The minimum absolute atomic E-state index is 0.0185. The smallest absolute Gasteiger partial charge is 0.282 e. The molecule has 0 bridgehead atoms. The van der Waals surface area contributed by atoms with Crippen molar-refractivity contribution >= 4 is 29.1 Å². The Labute approximate surface area is 134 Å². The van der Waals surface area contributed by atoms with Crippen molar-refractivity contribution in [3.8, 4) is 11.5 Å². The lowest BCUT2D eigenvalue weighted by atomic mass is 10.1. The maximum absolute atomic E-state index is 11.7. The van der Waals surface area contributed by atoms with Crippen LogP contribution in [0.15, 0.2) is 34.7 Å². The summed E-state index contributed by atoms with van der Waals surface area (Å²) in [6.45, 7) is 0.0185. The molecule has 0 spiro atoms. The third-order valence-corrected chi connectivity index (χ3v) is 3.90. The average Bonchev–Trinajstić information content (AvgIpc) is 3.16. The first-order valence-corrected chi connectivity index (χ1v) is 7.44. The van der Waals surface area contributed by atoms with Crippen LogP contribution >= 0.6 is 11.3 Å². The maximum Gasteiger partial charge on any atom is 0.282 e. The third kappa shape index (κ3) is 3.46. The summed E-state index contributed by atoms with van der Waals surface area (Å²) >= 11 is 1.47. The molecule has 1 aliphatic rings. The molecule has 0 fully saturated rings. The highest BCUT2D eigenvalue weighted by molar-refractivity contribution is 7.10. The highest BCUT2D eigenvalue weighted by Gasteiger charge is 2.22. The number of nitro groups is 1. The van der Waals surface area contributed by atoms with Gasteiger partial charge in [-0.15, -0.1) is 11.3 Å². The minimum Gasteiger partial charge on any atom is -0.454 e. The zero-order chi connectivity index (χ0) is 16.2. The summed E-state index contributed by atoms with van der Waals surface area (Å²) in [5, 5.41) is 16.7. The Bertz CT molecular complexity index is 773. The normalized spacial score (nSPS) is 12.5. The van der Waals surface area contributed by atoms with E-state index in [1.807, 2.05) is 17.5 Å². The SMILES string of the molecule is O=C(Cc1cccs1)N/N=C/c1cc2c(cc1[N+](=O)[O-])OCO2. The van der Waals surface area contributed by atoms with Gasteiger partial charge in [0, 0.05) is 4.88 Å². The Hall–Kier alpha value is -2.94. The molecule has 1 aliphatic heterocycles. The topological polar surface area (TPSA) is 103 Å². The largest absolute Gasteiger partial charge is 0.454 e. The van der Waals surface area contributed by atoms with Crippen LogP contribution in [0.25, 0.3) is 0 Å². The van der Waals surface area contributed by atoms with Gasteiger partial charge in [0.1, 0.15) is 0 Å². The lowest BCUT2D eigenvalue weighted by Gasteiger charge is -2.01. The molecular formula is C14H11N3O5S. The molecule has 1 aromatic carbocycles. The van der Waals surface area contributed by atoms with Crippen molar-refractivity contribution in [3.63, 3.8) is 0 Å². The van der Waals surface area contributed by atoms with Crippen LogP contribution in [0, 0.1) is 10.1 Å². The number of hydrazone groups is 1. The second-order valence-electron chi connectivity index (χ2n) is 4.57. The summed E-state index contributed by atoms with van der Waals surface area (Å²) in [6.07, 6.45) is 1.42. The Morgan fingerprint density at radius 1 is 1.43 bits per heavy atom. The number of rotatable bonds is 5. The van der Waals surface area contributed by atoms with Crippen molar-refractivity contribution in [2.24, 2.45) is 5.10 Å². The first-order valence-electron chi connectivity index (χ1n) is 6.56. The summed E-state index contributed by atoms with van der Waals surface area (Å²) < 4.78 is 10.3. The van der Waals surface area contributed by atoms with Gasteiger partial charge in [0.15, 0.2) is 11.5 Å². The molecule has 118 valence electrons. The van der Waals surface area contributed by atoms with Crippen molar-refractivity contribution < 1.29 is 19.2 Å². The second-order valence-corrected chi connectivity index (χ2v) is 5.60. The molecule has 0 atom stereocenters. The van der Waals surface area contributed by atoms with E-state index in [-0.39, 0.29) is 30.4 Å². The van der Waals surface area contributed by atoms with Gasteiger partial charge in [-0.1, -0.05) is 6.07 Å². The van der Waals surface area contributed by atoms with Crippen LogP contribution in [0.5, 0.6) is 11.5 Å². The number of ether oxygens (including phenoxy) is 2. The Morgan fingerprint density at radius 3 is 2.91 bits per heavy atom. The van der Waals surface area contributed by atoms with Crippen molar-refractivity contribution in [2.75, 3.05) is 6.79 Å². The van der Waals surface area contributed by atoms with Gasteiger partial charge in [0.05, 0.1) is 29.2 Å². The number of nitrogens with zero attached hydrogens (tertiary/aromatic N) is 2. The summed E-state index contributed by atoms with van der Waals surface area (Å²) in [5.74, 6) is 0.421. The Kier molecular flexibility index (Phi) is 4.20. The number of hydrogen-bond acceptors (Lipinski definition) is 7. The zero-order valence-electron chi connectivity index (χ0n) is 11.7. The van der Waals surface area contributed by atoms with E-state index >= 15 is 0 Å². The lowest BCUT2D eigenvalue weighted by molar-refractivity contribution is -0.385. The van der Waals surface area contributed by atoms with Crippen molar-refractivity contribution in [1.82, 2.24) is 5.43 Å². The zero-order valence-corrected chi connectivity index (χ0v) is 12.5. The molecule has 0 radical (unpaired) electrons. The fraction of sp³-hybridized carbons (Fsp3) is 0.143. The summed E-state index contributed by atoms with van der Waals surface area (Å²) in [5.41, 5.74) is 2.39. The molecule has 1 N–H and O–H groups in total. The van der Waals surface area contributed by atoms with E-state index < -0.39 is 4.92 Å². The third-order valence-electron chi connectivity index (χ3n) is 3.03. The van der Waals surface area contributed by atoms with E-state index in [0.29, 0.717) is 11.5 Å². The number of nitro benzene ring substituents is 1.